The molecule has 0 bridgehead atoms. The molecule has 2 aliphatic heterocycles. The lowest BCUT2D eigenvalue weighted by Gasteiger charge is -2.49. The summed E-state index contributed by atoms with van der Waals surface area (Å²) in [5.41, 5.74) is 0.663. The zero-order valence-corrected chi connectivity index (χ0v) is 29.3. The minimum atomic E-state index is -1.51. The van der Waals surface area contributed by atoms with Crippen LogP contribution in [-0.2, 0) is 31.0 Å². The van der Waals surface area contributed by atoms with Crippen molar-refractivity contribution in [2.24, 2.45) is 36.1 Å². The van der Waals surface area contributed by atoms with E-state index in [-0.39, 0.29) is 30.8 Å². The number of carboxylic acid groups (broad SMARTS) is 1. The number of fused-ring (bicyclic) bond motifs is 5. The maximum Gasteiger partial charge on any atom is 0.305 e. The van der Waals surface area contributed by atoms with Gasteiger partial charge in [0.1, 0.15) is 11.5 Å². The fourth-order valence-electron chi connectivity index (χ4n) is 9.05. The topological polar surface area (TPSA) is 150 Å². The highest BCUT2D eigenvalue weighted by Crippen LogP contribution is 2.64. The number of thiophene rings is 1. The lowest BCUT2D eigenvalue weighted by molar-refractivity contribution is -0.142. The van der Waals surface area contributed by atoms with Gasteiger partial charge in [0.15, 0.2) is 11.6 Å². The first-order valence-electron chi connectivity index (χ1n) is 16.6. The fraction of sp³-hybridized carbons (Fsp3) is 0.351. The van der Waals surface area contributed by atoms with Crippen LogP contribution in [0.25, 0.3) is 20.7 Å². The number of rotatable bonds is 6. The molecule has 4 heterocycles. The lowest BCUT2D eigenvalue weighted by Crippen LogP contribution is -2.49. The number of aromatic hydroxyl groups is 1. The predicted octanol–water partition coefficient (Wildman–Crippen LogP) is 5.81. The second kappa shape index (κ2) is 11.6. The quantitative estimate of drug-likeness (QED) is 0.186. The van der Waals surface area contributed by atoms with Crippen molar-refractivity contribution in [3.05, 3.63) is 76.1 Å². The molecule has 8 rings (SSSR count). The number of allylic oxidation sites excluding steroid dienone is 2. The van der Waals surface area contributed by atoms with Gasteiger partial charge in [0.2, 0.25) is 23.6 Å². The third-order valence-electron chi connectivity index (χ3n) is 11.5. The van der Waals surface area contributed by atoms with Crippen LogP contribution >= 0.6 is 22.9 Å². The van der Waals surface area contributed by atoms with Gasteiger partial charge in [-0.2, -0.15) is 5.10 Å². The summed E-state index contributed by atoms with van der Waals surface area (Å²) in [7, 11) is 1.64. The summed E-state index contributed by atoms with van der Waals surface area (Å²) >= 11 is 7.78. The van der Waals surface area contributed by atoms with Crippen LogP contribution in [0.15, 0.2) is 54.1 Å². The van der Waals surface area contributed by atoms with E-state index in [1.807, 2.05) is 25.1 Å². The summed E-state index contributed by atoms with van der Waals surface area (Å²) in [5, 5.41) is 26.6. The van der Waals surface area contributed by atoms with E-state index in [1.54, 1.807) is 26.1 Å². The molecule has 3 fully saturated rings. The first kappa shape index (κ1) is 33.3. The molecule has 4 aliphatic rings. The normalized spacial score (nSPS) is 27.2. The first-order chi connectivity index (χ1) is 24.2. The van der Waals surface area contributed by atoms with Gasteiger partial charge < -0.3 is 10.2 Å². The minimum Gasteiger partial charge on any atom is -0.505 e. The standard InChI is InChI=1S/C37H32ClFN4O7S/c1-16-21-13-17(38)7-10-26(21)51-32(16)25-15-27(41(3)40-25)43-34(48)23-14-22-18(8-9-19-29(22)35(49)42(33(19)47)12-11-28(44)45)30(37(23,2)36(43)50)20-5-4-6-24(39)31(20)46/h4-8,10,13,15,19,22-23,29-30,46H,9,11-12,14H2,1-3H3,(H,44,45)/t19-,22+,23-,29-,30+,37+/m0/s1. The maximum absolute atomic E-state index is 15.0. The molecule has 2 saturated heterocycles. The van der Waals surface area contributed by atoms with Crippen molar-refractivity contribution in [1.82, 2.24) is 14.7 Å². The van der Waals surface area contributed by atoms with E-state index in [2.05, 4.69) is 0 Å². The molecule has 0 spiro atoms. The van der Waals surface area contributed by atoms with Crippen LogP contribution in [0.3, 0.4) is 0 Å². The van der Waals surface area contributed by atoms with Gasteiger partial charge in [0.05, 0.1) is 34.5 Å². The van der Waals surface area contributed by atoms with Gasteiger partial charge in [-0.15, -0.1) is 11.3 Å². The highest BCUT2D eigenvalue weighted by atomic mass is 35.5. The number of amides is 4. The Morgan fingerprint density at radius 1 is 1.10 bits per heavy atom. The molecular weight excluding hydrogens is 699 g/mol. The molecule has 51 heavy (non-hydrogen) atoms. The van der Waals surface area contributed by atoms with Crippen LogP contribution in [0.2, 0.25) is 5.02 Å². The van der Waals surface area contributed by atoms with Gasteiger partial charge in [-0.05, 0) is 67.8 Å². The SMILES string of the molecule is Cc1c(-c2cc(N3C(=O)[C@@H]4C[C@@H]5C(=CC[C@@H]6C(=O)N(CCC(=O)O)C(=O)[C@@H]65)[C@H](c5cccc(F)c5O)[C@]4(C)C3=O)n(C)n2)sc2ccc(Cl)cc12. The molecule has 11 nitrogen and oxygen atoms in total. The predicted molar refractivity (Wildman–Crippen MR) is 185 cm³/mol. The minimum absolute atomic E-state index is 0.0455. The van der Waals surface area contributed by atoms with E-state index in [1.165, 1.54) is 28.2 Å². The molecule has 0 unspecified atom stereocenters. The molecule has 4 amide bonds. The van der Waals surface area contributed by atoms with Gasteiger partial charge in [0.25, 0.3) is 0 Å². The molecule has 2 aromatic heterocycles. The van der Waals surface area contributed by atoms with Gasteiger partial charge in [-0.3, -0.25) is 33.6 Å². The van der Waals surface area contributed by atoms with E-state index in [0.717, 1.165) is 36.4 Å². The van der Waals surface area contributed by atoms with Crippen molar-refractivity contribution in [1.29, 1.82) is 0 Å². The number of phenols is 1. The summed E-state index contributed by atoms with van der Waals surface area (Å²) in [4.78, 5) is 71.1. The van der Waals surface area contributed by atoms with Crippen LogP contribution in [0.5, 0.6) is 5.75 Å². The summed E-state index contributed by atoms with van der Waals surface area (Å²) in [6, 6.07) is 11.3. The molecule has 4 aromatic rings. The Morgan fingerprint density at radius 3 is 2.61 bits per heavy atom. The zero-order valence-electron chi connectivity index (χ0n) is 27.7. The Balaban J connectivity index is 1.24. The average Bonchev–Trinajstić information content (AvgIpc) is 3.75. The van der Waals surface area contributed by atoms with E-state index < -0.39 is 82.6 Å². The molecule has 262 valence electrons. The van der Waals surface area contributed by atoms with Crippen molar-refractivity contribution in [3.8, 4) is 16.3 Å². The van der Waals surface area contributed by atoms with E-state index >= 15 is 4.39 Å². The number of aliphatic carboxylic acids is 1. The highest BCUT2D eigenvalue weighted by Gasteiger charge is 2.68. The number of likely N-dealkylation sites (tertiary alicyclic amines) is 1. The second-order valence-electron chi connectivity index (χ2n) is 14.0. The molecular formula is C37H32ClFN4O7S. The van der Waals surface area contributed by atoms with Crippen molar-refractivity contribution in [2.45, 2.75) is 39.0 Å². The number of imide groups is 2. The third-order valence-corrected chi connectivity index (χ3v) is 13.0. The van der Waals surface area contributed by atoms with E-state index in [0.29, 0.717) is 16.3 Å². The maximum atomic E-state index is 15.0. The Hall–Kier alpha value is -4.88. The Labute approximate surface area is 299 Å². The monoisotopic (exact) mass is 730 g/mol. The van der Waals surface area contributed by atoms with Crippen molar-refractivity contribution in [3.63, 3.8) is 0 Å². The number of hydrogen-bond donors (Lipinski definition) is 2. The summed E-state index contributed by atoms with van der Waals surface area (Å²) < 4.78 is 17.5. The van der Waals surface area contributed by atoms with Crippen LogP contribution in [0.4, 0.5) is 10.2 Å². The molecule has 2 aromatic carbocycles. The van der Waals surface area contributed by atoms with Gasteiger partial charge in [-0.25, -0.2) is 9.29 Å². The van der Waals surface area contributed by atoms with Gasteiger partial charge >= 0.3 is 5.97 Å². The number of anilines is 1. The van der Waals surface area contributed by atoms with Crippen molar-refractivity contribution >= 4 is 68.4 Å². The molecule has 14 heteroatoms. The van der Waals surface area contributed by atoms with Gasteiger partial charge in [-0.1, -0.05) is 35.4 Å². The third kappa shape index (κ3) is 4.66. The number of nitrogens with zero attached hydrogens (tertiary/aromatic N) is 4. The van der Waals surface area contributed by atoms with Crippen molar-refractivity contribution in [2.75, 3.05) is 11.4 Å². The number of carbonyl (C=O) groups is 5. The fourth-order valence-corrected chi connectivity index (χ4v) is 10.4. The summed E-state index contributed by atoms with van der Waals surface area (Å²) in [5.74, 6) is -8.98. The van der Waals surface area contributed by atoms with Crippen LogP contribution in [0, 0.1) is 41.8 Å². The molecule has 2 N–H and O–H groups in total. The number of halogens is 2. The average molecular weight is 731 g/mol. The van der Waals surface area contributed by atoms with E-state index in [4.69, 9.17) is 16.7 Å². The number of para-hydroxylation sites is 1. The van der Waals surface area contributed by atoms with Crippen LogP contribution in [-0.4, -0.2) is 61.0 Å². The first-order valence-corrected chi connectivity index (χ1v) is 17.8. The molecule has 0 radical (unpaired) electrons. The number of phenolic OH excluding ortho intramolecular Hbond substituents is 1. The summed E-state index contributed by atoms with van der Waals surface area (Å²) in [6.45, 7) is 3.32. The zero-order chi connectivity index (χ0) is 36.3. The highest BCUT2D eigenvalue weighted by molar-refractivity contribution is 7.22. The smallest absolute Gasteiger partial charge is 0.305 e. The largest absolute Gasteiger partial charge is 0.505 e. The van der Waals surface area contributed by atoms with E-state index in [9.17, 15) is 34.2 Å². The number of carbonyl (C=O) groups excluding carboxylic acids is 4. The number of aryl methyl sites for hydroxylation is 2. The Kier molecular flexibility index (Phi) is 7.55. The Morgan fingerprint density at radius 2 is 1.86 bits per heavy atom. The summed E-state index contributed by atoms with van der Waals surface area (Å²) in [6.07, 6.45) is 1.55. The van der Waals surface area contributed by atoms with Gasteiger partial charge in [0, 0.05) is 40.9 Å². The number of carboxylic acids is 1. The van der Waals surface area contributed by atoms with Crippen LogP contribution < -0.4 is 4.90 Å². The number of benzene rings is 2. The molecule has 6 atom stereocenters. The second-order valence-corrected chi connectivity index (χ2v) is 15.5. The molecule has 1 saturated carbocycles. The number of aromatic nitrogens is 2. The molecule has 2 aliphatic carbocycles. The van der Waals surface area contributed by atoms with Crippen molar-refractivity contribution < 1.29 is 38.6 Å². The lowest BCUT2D eigenvalue weighted by atomic mass is 9.51. The Bertz CT molecular complexity index is 2280. The number of hydrogen-bond acceptors (Lipinski definition) is 8. The van der Waals surface area contributed by atoms with Crippen LogP contribution in [0.1, 0.15) is 43.2 Å².